The monoisotopic (exact) mass is 217 g/mol. The molecule has 0 spiro atoms. The molecule has 1 aliphatic carbocycles. The Morgan fingerprint density at radius 1 is 1.31 bits per heavy atom. The molecule has 0 atom stereocenters. The number of benzene rings is 1. The van der Waals surface area contributed by atoms with Crippen LogP contribution < -0.4 is 5.32 Å². The van der Waals surface area contributed by atoms with Gasteiger partial charge in [-0.3, -0.25) is 0 Å². The topological polar surface area (TPSA) is 21.3 Å². The van der Waals surface area contributed by atoms with Gasteiger partial charge in [-0.25, -0.2) is 0 Å². The maximum Gasteiger partial charge on any atom is 0.0885 e. The van der Waals surface area contributed by atoms with Crippen molar-refractivity contribution in [3.8, 4) is 0 Å². The molecule has 0 fully saturated rings. The summed E-state index contributed by atoms with van der Waals surface area (Å²) in [4.78, 5) is 0. The second-order valence-corrected chi connectivity index (χ2v) is 4.22. The largest absolute Gasteiger partial charge is 0.502 e. The van der Waals surface area contributed by atoms with Crippen molar-refractivity contribution >= 4 is 0 Å². The van der Waals surface area contributed by atoms with Crippen molar-refractivity contribution in [2.75, 3.05) is 13.2 Å². The third-order valence-electron chi connectivity index (χ3n) is 3.04. The fraction of sp³-hybridized carbons (Fsp3) is 0.429. The van der Waals surface area contributed by atoms with Crippen molar-refractivity contribution in [3.63, 3.8) is 0 Å². The van der Waals surface area contributed by atoms with Gasteiger partial charge in [0.15, 0.2) is 0 Å². The van der Waals surface area contributed by atoms with E-state index in [1.165, 1.54) is 30.2 Å². The van der Waals surface area contributed by atoms with E-state index in [4.69, 9.17) is 4.74 Å². The quantitative estimate of drug-likeness (QED) is 0.583. The van der Waals surface area contributed by atoms with Crippen molar-refractivity contribution in [2.24, 2.45) is 0 Å². The normalized spacial score (nSPS) is 14.8. The van der Waals surface area contributed by atoms with Gasteiger partial charge in [-0.05, 0) is 36.9 Å². The molecular weight excluding hydrogens is 198 g/mol. The SMILES string of the molecule is C=COCCCNC1Cc2ccccc2C1. The average molecular weight is 217 g/mol. The van der Waals surface area contributed by atoms with E-state index in [9.17, 15) is 0 Å². The van der Waals surface area contributed by atoms with E-state index in [2.05, 4.69) is 36.2 Å². The molecule has 0 amide bonds. The lowest BCUT2D eigenvalue weighted by molar-refractivity contribution is 0.243. The zero-order valence-electron chi connectivity index (χ0n) is 9.61. The molecule has 1 aromatic rings. The van der Waals surface area contributed by atoms with Crippen molar-refractivity contribution in [3.05, 3.63) is 48.2 Å². The number of nitrogens with one attached hydrogen (secondary N) is 1. The summed E-state index contributed by atoms with van der Waals surface area (Å²) in [5.41, 5.74) is 3.00. The highest BCUT2D eigenvalue weighted by Gasteiger charge is 2.19. The van der Waals surface area contributed by atoms with Gasteiger partial charge in [0.2, 0.25) is 0 Å². The molecule has 0 saturated carbocycles. The van der Waals surface area contributed by atoms with Crippen LogP contribution in [0.5, 0.6) is 0 Å². The van der Waals surface area contributed by atoms with Crippen LogP contribution >= 0.6 is 0 Å². The van der Waals surface area contributed by atoms with Gasteiger partial charge in [-0.15, -0.1) is 0 Å². The van der Waals surface area contributed by atoms with Gasteiger partial charge in [0.1, 0.15) is 0 Å². The van der Waals surface area contributed by atoms with Crippen LogP contribution in [0.4, 0.5) is 0 Å². The Hall–Kier alpha value is -1.28. The molecule has 0 bridgehead atoms. The smallest absolute Gasteiger partial charge is 0.0885 e. The molecule has 16 heavy (non-hydrogen) atoms. The third-order valence-corrected chi connectivity index (χ3v) is 3.04. The standard InChI is InChI=1S/C14H19NO/c1-2-16-9-5-8-15-14-10-12-6-3-4-7-13(12)11-14/h2-4,6-7,14-15H,1,5,8-11H2. The first-order valence-electron chi connectivity index (χ1n) is 5.93. The molecule has 0 unspecified atom stereocenters. The molecule has 0 aliphatic heterocycles. The summed E-state index contributed by atoms with van der Waals surface area (Å²) in [5, 5.41) is 3.57. The van der Waals surface area contributed by atoms with Crippen LogP contribution in [0.1, 0.15) is 17.5 Å². The molecule has 0 heterocycles. The van der Waals surface area contributed by atoms with Crippen LogP contribution in [0.15, 0.2) is 37.1 Å². The summed E-state index contributed by atoms with van der Waals surface area (Å²) in [6.45, 7) is 5.30. The lowest BCUT2D eigenvalue weighted by Gasteiger charge is -2.11. The van der Waals surface area contributed by atoms with E-state index >= 15 is 0 Å². The molecule has 2 nitrogen and oxygen atoms in total. The van der Waals surface area contributed by atoms with Crippen LogP contribution in [0.25, 0.3) is 0 Å². The fourth-order valence-electron chi connectivity index (χ4n) is 2.25. The van der Waals surface area contributed by atoms with Gasteiger partial charge in [0.05, 0.1) is 12.9 Å². The minimum absolute atomic E-state index is 0.612. The van der Waals surface area contributed by atoms with E-state index in [-0.39, 0.29) is 0 Å². The van der Waals surface area contributed by atoms with Crippen molar-refractivity contribution in [2.45, 2.75) is 25.3 Å². The minimum atomic E-state index is 0.612. The Kier molecular flexibility index (Phi) is 4.00. The fourth-order valence-corrected chi connectivity index (χ4v) is 2.25. The molecule has 1 N–H and O–H groups in total. The predicted molar refractivity (Wildman–Crippen MR) is 66.4 cm³/mol. The van der Waals surface area contributed by atoms with Gasteiger partial charge < -0.3 is 10.1 Å². The molecule has 1 aromatic carbocycles. The van der Waals surface area contributed by atoms with Crippen LogP contribution in [0.3, 0.4) is 0 Å². The van der Waals surface area contributed by atoms with Gasteiger partial charge >= 0.3 is 0 Å². The number of hydrogen-bond acceptors (Lipinski definition) is 2. The Morgan fingerprint density at radius 2 is 2.00 bits per heavy atom. The van der Waals surface area contributed by atoms with Crippen LogP contribution in [-0.2, 0) is 17.6 Å². The molecule has 2 rings (SSSR count). The highest BCUT2D eigenvalue weighted by atomic mass is 16.5. The van der Waals surface area contributed by atoms with E-state index in [1.807, 2.05) is 0 Å². The average Bonchev–Trinajstić information content (AvgIpc) is 2.71. The molecule has 0 aromatic heterocycles. The number of ether oxygens (including phenoxy) is 1. The Balaban J connectivity index is 1.69. The van der Waals surface area contributed by atoms with Crippen LogP contribution in [0, 0.1) is 0 Å². The first-order valence-corrected chi connectivity index (χ1v) is 5.93. The summed E-state index contributed by atoms with van der Waals surface area (Å²) in [6.07, 6.45) is 4.88. The van der Waals surface area contributed by atoms with Crippen molar-refractivity contribution in [1.82, 2.24) is 5.32 Å². The lowest BCUT2D eigenvalue weighted by atomic mass is 10.1. The molecule has 2 heteroatoms. The second kappa shape index (κ2) is 5.71. The van der Waals surface area contributed by atoms with Crippen molar-refractivity contribution < 1.29 is 4.74 Å². The molecule has 0 radical (unpaired) electrons. The molecular formula is C14H19NO. The van der Waals surface area contributed by atoms with E-state index in [0.29, 0.717) is 6.04 Å². The second-order valence-electron chi connectivity index (χ2n) is 4.22. The summed E-state index contributed by atoms with van der Waals surface area (Å²) >= 11 is 0. The summed E-state index contributed by atoms with van der Waals surface area (Å²) in [7, 11) is 0. The predicted octanol–water partition coefficient (Wildman–Crippen LogP) is 2.29. The Labute approximate surface area is 97.3 Å². The minimum Gasteiger partial charge on any atom is -0.502 e. The third kappa shape index (κ3) is 2.86. The summed E-state index contributed by atoms with van der Waals surface area (Å²) in [6, 6.07) is 9.33. The van der Waals surface area contributed by atoms with Gasteiger partial charge in [-0.1, -0.05) is 30.8 Å². The maximum absolute atomic E-state index is 5.08. The highest BCUT2D eigenvalue weighted by Crippen LogP contribution is 2.21. The first-order chi connectivity index (χ1) is 7.90. The number of fused-ring (bicyclic) bond motifs is 1. The number of rotatable bonds is 6. The Morgan fingerprint density at radius 3 is 2.62 bits per heavy atom. The van der Waals surface area contributed by atoms with Crippen LogP contribution in [0.2, 0.25) is 0 Å². The molecule has 86 valence electrons. The summed E-state index contributed by atoms with van der Waals surface area (Å²) in [5.74, 6) is 0. The van der Waals surface area contributed by atoms with E-state index in [1.54, 1.807) is 0 Å². The highest BCUT2D eigenvalue weighted by molar-refractivity contribution is 5.33. The lowest BCUT2D eigenvalue weighted by Crippen LogP contribution is -2.30. The van der Waals surface area contributed by atoms with Crippen molar-refractivity contribution in [1.29, 1.82) is 0 Å². The van der Waals surface area contributed by atoms with Gasteiger partial charge in [-0.2, -0.15) is 0 Å². The van der Waals surface area contributed by atoms with E-state index in [0.717, 1.165) is 19.6 Å². The zero-order chi connectivity index (χ0) is 11.2. The zero-order valence-corrected chi connectivity index (χ0v) is 9.61. The van der Waals surface area contributed by atoms with Gasteiger partial charge in [0, 0.05) is 6.04 Å². The van der Waals surface area contributed by atoms with E-state index < -0.39 is 0 Å². The molecule has 1 aliphatic rings. The first kappa shape index (κ1) is 11.2. The molecule has 0 saturated heterocycles. The summed E-state index contributed by atoms with van der Waals surface area (Å²) < 4.78 is 5.08. The number of hydrogen-bond donors (Lipinski definition) is 1. The maximum atomic E-state index is 5.08. The van der Waals surface area contributed by atoms with Gasteiger partial charge in [0.25, 0.3) is 0 Å². The van der Waals surface area contributed by atoms with Crippen LogP contribution in [-0.4, -0.2) is 19.2 Å². The Bertz CT molecular complexity index is 323.